The lowest BCUT2D eigenvalue weighted by Gasteiger charge is -2.31. The Kier molecular flexibility index (Phi) is 5.38. The predicted octanol–water partition coefficient (Wildman–Crippen LogP) is 1.55. The van der Waals surface area contributed by atoms with Crippen LogP contribution in [0.5, 0.6) is 0 Å². The third-order valence-corrected chi connectivity index (χ3v) is 6.45. The molecule has 1 saturated heterocycles. The first kappa shape index (κ1) is 15.0. The molecule has 0 bridgehead atoms. The number of hydrogen-bond donors (Lipinski definition) is 1. The molecule has 4 nitrogen and oxygen atoms in total. The summed E-state index contributed by atoms with van der Waals surface area (Å²) in [7, 11) is -1.13. The highest BCUT2D eigenvalue weighted by Crippen LogP contribution is 2.20. The molecule has 6 heteroatoms. The van der Waals surface area contributed by atoms with Crippen LogP contribution in [0.4, 0.5) is 0 Å². The fourth-order valence-electron chi connectivity index (χ4n) is 2.49. The first-order valence-corrected chi connectivity index (χ1v) is 9.25. The smallest absolute Gasteiger partial charge is 0.214 e. The molecule has 1 N–H and O–H groups in total. The summed E-state index contributed by atoms with van der Waals surface area (Å²) in [5, 5.41) is 5.16. The summed E-state index contributed by atoms with van der Waals surface area (Å²) in [6, 6.07) is 3.97. The average Bonchev–Trinajstić information content (AvgIpc) is 2.91. The van der Waals surface area contributed by atoms with Gasteiger partial charge >= 0.3 is 0 Å². The molecular formula is C13H22N2O2S2. The fraction of sp³-hybridized carbons (Fsp3) is 0.692. The summed E-state index contributed by atoms with van der Waals surface area (Å²) in [5.41, 5.74) is 0. The van der Waals surface area contributed by atoms with Crippen LogP contribution in [-0.2, 0) is 16.4 Å². The number of sulfonamides is 1. The van der Waals surface area contributed by atoms with Crippen molar-refractivity contribution in [1.82, 2.24) is 9.62 Å². The molecule has 0 unspecified atom stereocenters. The lowest BCUT2D eigenvalue weighted by molar-refractivity contribution is 0.271. The standard InChI is InChI=1S/C13H22N2O2S2/c1-14-11-12-4-7-15(8-5-12)19(16,17)10-6-13-3-2-9-18-13/h2-3,9,12,14H,4-8,10-11H2,1H3. The van der Waals surface area contributed by atoms with Gasteiger partial charge in [0, 0.05) is 18.0 Å². The van der Waals surface area contributed by atoms with E-state index in [2.05, 4.69) is 5.32 Å². The minimum absolute atomic E-state index is 0.240. The van der Waals surface area contributed by atoms with Crippen molar-refractivity contribution in [2.24, 2.45) is 5.92 Å². The van der Waals surface area contributed by atoms with Crippen molar-refractivity contribution in [3.05, 3.63) is 22.4 Å². The van der Waals surface area contributed by atoms with E-state index in [0.29, 0.717) is 25.4 Å². The van der Waals surface area contributed by atoms with E-state index in [4.69, 9.17) is 0 Å². The van der Waals surface area contributed by atoms with Gasteiger partial charge in [-0.05, 0) is 50.2 Å². The van der Waals surface area contributed by atoms with Crippen molar-refractivity contribution in [3.8, 4) is 0 Å². The minimum atomic E-state index is -3.08. The topological polar surface area (TPSA) is 49.4 Å². The second-order valence-corrected chi connectivity index (χ2v) is 8.17. The van der Waals surface area contributed by atoms with Crippen LogP contribution in [-0.4, -0.2) is 45.2 Å². The first-order valence-electron chi connectivity index (χ1n) is 6.76. The highest BCUT2D eigenvalue weighted by atomic mass is 32.2. The van der Waals surface area contributed by atoms with Crippen LogP contribution in [0.25, 0.3) is 0 Å². The van der Waals surface area contributed by atoms with E-state index < -0.39 is 10.0 Å². The van der Waals surface area contributed by atoms with Gasteiger partial charge in [0.25, 0.3) is 0 Å². The molecule has 0 atom stereocenters. The Balaban J connectivity index is 1.83. The molecular weight excluding hydrogens is 280 g/mol. The van der Waals surface area contributed by atoms with Gasteiger partial charge in [-0.2, -0.15) is 0 Å². The fourth-order valence-corrected chi connectivity index (χ4v) is 4.84. The highest BCUT2D eigenvalue weighted by molar-refractivity contribution is 7.89. The number of rotatable bonds is 6. The predicted molar refractivity (Wildman–Crippen MR) is 80.0 cm³/mol. The lowest BCUT2D eigenvalue weighted by atomic mass is 9.98. The summed E-state index contributed by atoms with van der Waals surface area (Å²) in [5.74, 6) is 0.859. The molecule has 1 aromatic rings. The molecule has 19 heavy (non-hydrogen) atoms. The summed E-state index contributed by atoms with van der Waals surface area (Å²) < 4.78 is 26.2. The molecule has 0 aromatic carbocycles. The summed E-state index contributed by atoms with van der Waals surface area (Å²) in [4.78, 5) is 1.15. The number of hydrogen-bond acceptors (Lipinski definition) is 4. The molecule has 1 aromatic heterocycles. The number of thiophene rings is 1. The maximum absolute atomic E-state index is 12.3. The van der Waals surface area contributed by atoms with Gasteiger partial charge in [-0.15, -0.1) is 11.3 Å². The van der Waals surface area contributed by atoms with E-state index in [1.54, 1.807) is 15.6 Å². The maximum Gasteiger partial charge on any atom is 0.214 e. The molecule has 2 heterocycles. The van der Waals surface area contributed by atoms with Crippen LogP contribution in [0.3, 0.4) is 0 Å². The van der Waals surface area contributed by atoms with E-state index in [0.717, 1.165) is 24.3 Å². The average molecular weight is 302 g/mol. The molecule has 0 aliphatic carbocycles. The van der Waals surface area contributed by atoms with Gasteiger partial charge in [0.05, 0.1) is 5.75 Å². The Morgan fingerprint density at radius 1 is 1.42 bits per heavy atom. The van der Waals surface area contributed by atoms with Crippen LogP contribution >= 0.6 is 11.3 Å². The molecule has 0 radical (unpaired) electrons. The quantitative estimate of drug-likeness (QED) is 0.867. The van der Waals surface area contributed by atoms with Crippen molar-refractivity contribution in [2.75, 3.05) is 32.4 Å². The highest BCUT2D eigenvalue weighted by Gasteiger charge is 2.27. The Morgan fingerprint density at radius 2 is 2.16 bits per heavy atom. The van der Waals surface area contributed by atoms with E-state index in [9.17, 15) is 8.42 Å². The molecule has 1 aliphatic rings. The van der Waals surface area contributed by atoms with Crippen molar-refractivity contribution in [2.45, 2.75) is 19.3 Å². The van der Waals surface area contributed by atoms with Crippen molar-refractivity contribution in [1.29, 1.82) is 0 Å². The van der Waals surface area contributed by atoms with Gasteiger partial charge in [-0.1, -0.05) is 6.07 Å². The van der Waals surface area contributed by atoms with Gasteiger partial charge in [0.15, 0.2) is 0 Å². The van der Waals surface area contributed by atoms with Crippen LogP contribution in [0.2, 0.25) is 0 Å². The molecule has 108 valence electrons. The Bertz CT molecular complexity index is 463. The first-order chi connectivity index (χ1) is 9.12. The third-order valence-electron chi connectivity index (χ3n) is 3.65. The SMILES string of the molecule is CNCC1CCN(S(=O)(=O)CCc2cccs2)CC1. The zero-order valence-corrected chi connectivity index (χ0v) is 13.0. The zero-order chi connectivity index (χ0) is 13.7. The molecule has 0 spiro atoms. The van der Waals surface area contributed by atoms with Gasteiger partial charge in [-0.25, -0.2) is 12.7 Å². The second kappa shape index (κ2) is 6.83. The number of aryl methyl sites for hydroxylation is 1. The van der Waals surface area contributed by atoms with Crippen molar-refractivity contribution in [3.63, 3.8) is 0 Å². The van der Waals surface area contributed by atoms with E-state index >= 15 is 0 Å². The van der Waals surface area contributed by atoms with Crippen LogP contribution in [0, 0.1) is 5.92 Å². The normalized spacial score (nSPS) is 18.8. The molecule has 0 amide bonds. The second-order valence-electron chi connectivity index (χ2n) is 5.05. The molecule has 1 fully saturated rings. The minimum Gasteiger partial charge on any atom is -0.319 e. The van der Waals surface area contributed by atoms with Gasteiger partial charge in [-0.3, -0.25) is 0 Å². The zero-order valence-electron chi connectivity index (χ0n) is 11.3. The van der Waals surface area contributed by atoms with Gasteiger partial charge in [0.1, 0.15) is 0 Å². The molecule has 1 aliphatic heterocycles. The van der Waals surface area contributed by atoms with E-state index in [1.165, 1.54) is 0 Å². The lowest BCUT2D eigenvalue weighted by Crippen LogP contribution is -2.41. The van der Waals surface area contributed by atoms with Crippen molar-refractivity contribution >= 4 is 21.4 Å². The third kappa shape index (κ3) is 4.27. The van der Waals surface area contributed by atoms with Crippen molar-refractivity contribution < 1.29 is 8.42 Å². The summed E-state index contributed by atoms with van der Waals surface area (Å²) in [6.45, 7) is 2.35. The summed E-state index contributed by atoms with van der Waals surface area (Å²) >= 11 is 1.63. The Hall–Kier alpha value is -0.430. The Morgan fingerprint density at radius 3 is 2.74 bits per heavy atom. The number of nitrogens with one attached hydrogen (secondary N) is 1. The largest absolute Gasteiger partial charge is 0.319 e. The van der Waals surface area contributed by atoms with Gasteiger partial charge in [0.2, 0.25) is 10.0 Å². The van der Waals surface area contributed by atoms with Gasteiger partial charge < -0.3 is 5.32 Å². The van der Waals surface area contributed by atoms with Crippen LogP contribution in [0.1, 0.15) is 17.7 Å². The Labute approximate surface area is 119 Å². The monoisotopic (exact) mass is 302 g/mol. The molecule has 0 saturated carbocycles. The number of piperidine rings is 1. The van der Waals surface area contributed by atoms with Crippen LogP contribution in [0.15, 0.2) is 17.5 Å². The summed E-state index contributed by atoms with van der Waals surface area (Å²) in [6.07, 6.45) is 2.58. The van der Waals surface area contributed by atoms with E-state index in [1.807, 2.05) is 24.6 Å². The van der Waals surface area contributed by atoms with Crippen LogP contribution < -0.4 is 5.32 Å². The maximum atomic E-state index is 12.3. The van der Waals surface area contributed by atoms with E-state index in [-0.39, 0.29) is 5.75 Å². The molecule has 2 rings (SSSR count). The number of nitrogens with zero attached hydrogens (tertiary/aromatic N) is 1.